The molecule has 7 nitrogen and oxygen atoms in total. The number of benzene rings is 2. The predicted octanol–water partition coefficient (Wildman–Crippen LogP) is 3.20. The third kappa shape index (κ3) is 8.48. The molecule has 1 unspecified atom stereocenters. The first-order chi connectivity index (χ1) is 14.0. The Morgan fingerprint density at radius 3 is 2.50 bits per heavy atom. The summed E-state index contributed by atoms with van der Waals surface area (Å²) in [6.45, 7) is 5.62. The summed E-state index contributed by atoms with van der Waals surface area (Å²) in [5.41, 5.74) is 1.65. The van der Waals surface area contributed by atoms with Crippen LogP contribution in [0.25, 0.3) is 0 Å². The van der Waals surface area contributed by atoms with Crippen LogP contribution in [0.2, 0.25) is 0 Å². The van der Waals surface area contributed by atoms with Gasteiger partial charge in [-0.05, 0) is 43.7 Å². The molecule has 3 N–H and O–H groups in total. The average Bonchev–Trinajstić information content (AvgIpc) is 2.74. The van der Waals surface area contributed by atoms with E-state index in [4.69, 9.17) is 9.47 Å². The van der Waals surface area contributed by atoms with Crippen LogP contribution in [-0.4, -0.2) is 45.2 Å². The molecule has 0 saturated heterocycles. The molecule has 30 heavy (non-hydrogen) atoms. The zero-order valence-corrected chi connectivity index (χ0v) is 20.2. The van der Waals surface area contributed by atoms with Gasteiger partial charge in [0.2, 0.25) is 0 Å². The van der Waals surface area contributed by atoms with Gasteiger partial charge in [-0.3, -0.25) is 9.79 Å². The number of halogens is 1. The number of aliphatic imine (C=N–C) groups is 1. The van der Waals surface area contributed by atoms with Crippen molar-refractivity contribution in [1.29, 1.82) is 0 Å². The minimum absolute atomic E-state index is 0. The van der Waals surface area contributed by atoms with Crippen molar-refractivity contribution in [3.63, 3.8) is 0 Å². The Labute approximate surface area is 195 Å². The van der Waals surface area contributed by atoms with E-state index < -0.39 is 0 Å². The Morgan fingerprint density at radius 1 is 1.07 bits per heavy atom. The second-order valence-corrected chi connectivity index (χ2v) is 6.47. The first kappa shape index (κ1) is 25.5. The molecule has 0 aliphatic heterocycles. The van der Waals surface area contributed by atoms with Crippen LogP contribution < -0.4 is 25.4 Å². The van der Waals surface area contributed by atoms with E-state index in [2.05, 4.69) is 20.9 Å². The number of hydrogen-bond donors (Lipinski definition) is 3. The lowest BCUT2D eigenvalue weighted by Gasteiger charge is -2.18. The summed E-state index contributed by atoms with van der Waals surface area (Å²) in [6.07, 6.45) is -0.0678. The fourth-order valence-corrected chi connectivity index (χ4v) is 2.68. The van der Waals surface area contributed by atoms with Gasteiger partial charge in [0.15, 0.2) is 5.96 Å². The van der Waals surface area contributed by atoms with Gasteiger partial charge in [0.05, 0.1) is 13.7 Å². The van der Waals surface area contributed by atoms with Crippen molar-refractivity contribution in [2.75, 3.05) is 27.2 Å². The number of nitrogens with zero attached hydrogens (tertiary/aromatic N) is 1. The molecule has 0 aliphatic carbocycles. The Bertz CT molecular complexity index is 830. The van der Waals surface area contributed by atoms with Gasteiger partial charge in [0.25, 0.3) is 5.91 Å². The zero-order valence-electron chi connectivity index (χ0n) is 17.9. The average molecular weight is 526 g/mol. The van der Waals surface area contributed by atoms with Crippen LogP contribution in [0.1, 0.15) is 29.8 Å². The van der Waals surface area contributed by atoms with Crippen molar-refractivity contribution in [1.82, 2.24) is 16.0 Å². The van der Waals surface area contributed by atoms with Gasteiger partial charge in [0.1, 0.15) is 17.6 Å². The Hall–Kier alpha value is -2.49. The molecule has 1 amide bonds. The number of amides is 1. The highest BCUT2D eigenvalue weighted by atomic mass is 127. The standard InChI is InChI=1S/C22H30N4O3.HI/c1-5-24-21(27)18-9-6-8-17(12-18)15-26-22(23-3)25-14-16(2)29-20-11-7-10-19(13-20)28-4;/h6-13,16H,5,14-15H2,1-4H3,(H,24,27)(H2,23,25,26);1H. The first-order valence-electron chi connectivity index (χ1n) is 9.68. The van der Waals surface area contributed by atoms with Crippen molar-refractivity contribution in [2.24, 2.45) is 4.99 Å². The molecule has 2 rings (SSSR count). The van der Waals surface area contributed by atoms with Gasteiger partial charge in [0, 0.05) is 31.8 Å². The van der Waals surface area contributed by atoms with Gasteiger partial charge < -0.3 is 25.4 Å². The number of rotatable bonds is 9. The van der Waals surface area contributed by atoms with Crippen LogP contribution in [0.5, 0.6) is 11.5 Å². The smallest absolute Gasteiger partial charge is 0.251 e. The van der Waals surface area contributed by atoms with Crippen LogP contribution in [0.4, 0.5) is 0 Å². The summed E-state index contributed by atoms with van der Waals surface area (Å²) in [5.74, 6) is 2.11. The summed E-state index contributed by atoms with van der Waals surface area (Å²) in [5, 5.41) is 9.31. The van der Waals surface area contributed by atoms with Crippen molar-refractivity contribution in [3.05, 3.63) is 59.7 Å². The summed E-state index contributed by atoms with van der Waals surface area (Å²) in [4.78, 5) is 16.2. The maximum absolute atomic E-state index is 12.0. The molecule has 2 aromatic carbocycles. The highest BCUT2D eigenvalue weighted by Gasteiger charge is 2.08. The van der Waals surface area contributed by atoms with Crippen LogP contribution in [-0.2, 0) is 6.54 Å². The van der Waals surface area contributed by atoms with Crippen molar-refractivity contribution < 1.29 is 14.3 Å². The van der Waals surface area contributed by atoms with Crippen molar-refractivity contribution >= 4 is 35.8 Å². The minimum Gasteiger partial charge on any atom is -0.497 e. The molecule has 0 radical (unpaired) electrons. The molecule has 0 spiro atoms. The van der Waals surface area contributed by atoms with E-state index in [-0.39, 0.29) is 36.0 Å². The number of ether oxygens (including phenoxy) is 2. The maximum Gasteiger partial charge on any atom is 0.251 e. The molecule has 0 heterocycles. The summed E-state index contributed by atoms with van der Waals surface area (Å²) in [7, 11) is 3.35. The van der Waals surface area contributed by atoms with Gasteiger partial charge >= 0.3 is 0 Å². The summed E-state index contributed by atoms with van der Waals surface area (Å²) in [6, 6.07) is 15.0. The van der Waals surface area contributed by atoms with Crippen molar-refractivity contribution in [2.45, 2.75) is 26.5 Å². The molecule has 0 bridgehead atoms. The molecule has 164 valence electrons. The van der Waals surface area contributed by atoms with Gasteiger partial charge in [-0.25, -0.2) is 0 Å². The SMILES string of the molecule is CCNC(=O)c1cccc(CNC(=NC)NCC(C)Oc2cccc(OC)c2)c1.I. The van der Waals surface area contributed by atoms with E-state index in [0.717, 1.165) is 17.1 Å². The van der Waals surface area contributed by atoms with E-state index in [1.807, 2.05) is 56.3 Å². The zero-order chi connectivity index (χ0) is 21.1. The number of methoxy groups -OCH3 is 1. The van der Waals surface area contributed by atoms with Crippen LogP contribution in [0.15, 0.2) is 53.5 Å². The van der Waals surface area contributed by atoms with Gasteiger partial charge in [-0.1, -0.05) is 18.2 Å². The third-order valence-electron chi connectivity index (χ3n) is 4.15. The molecule has 1 atom stereocenters. The lowest BCUT2D eigenvalue weighted by atomic mass is 10.1. The molecule has 2 aromatic rings. The second kappa shape index (κ2) is 13.7. The van der Waals surface area contributed by atoms with Crippen molar-refractivity contribution in [3.8, 4) is 11.5 Å². The highest BCUT2D eigenvalue weighted by Crippen LogP contribution is 2.19. The molecule has 0 aliphatic rings. The number of nitrogens with one attached hydrogen (secondary N) is 3. The highest BCUT2D eigenvalue weighted by molar-refractivity contribution is 14.0. The lowest BCUT2D eigenvalue weighted by Crippen LogP contribution is -2.41. The van der Waals surface area contributed by atoms with Crippen LogP contribution >= 0.6 is 24.0 Å². The summed E-state index contributed by atoms with van der Waals surface area (Å²) < 4.78 is 11.1. The van der Waals surface area contributed by atoms with Gasteiger partial charge in [-0.15, -0.1) is 24.0 Å². The first-order valence-corrected chi connectivity index (χ1v) is 9.68. The fraction of sp³-hybridized carbons (Fsp3) is 0.364. The quantitative estimate of drug-likeness (QED) is 0.266. The van der Waals surface area contributed by atoms with Crippen LogP contribution in [0, 0.1) is 0 Å². The molecule has 0 aromatic heterocycles. The largest absolute Gasteiger partial charge is 0.497 e. The second-order valence-electron chi connectivity index (χ2n) is 6.47. The molecule has 8 heteroatoms. The number of carbonyl (C=O) groups is 1. The minimum atomic E-state index is -0.0691. The Morgan fingerprint density at radius 2 is 1.80 bits per heavy atom. The van der Waals surface area contributed by atoms with Gasteiger partial charge in [-0.2, -0.15) is 0 Å². The third-order valence-corrected chi connectivity index (χ3v) is 4.15. The van der Waals surface area contributed by atoms with E-state index in [0.29, 0.717) is 31.2 Å². The number of hydrogen-bond acceptors (Lipinski definition) is 4. The fourth-order valence-electron chi connectivity index (χ4n) is 2.68. The lowest BCUT2D eigenvalue weighted by molar-refractivity contribution is 0.0955. The number of carbonyl (C=O) groups excluding carboxylic acids is 1. The normalized spacial score (nSPS) is 11.7. The molecule has 0 fully saturated rings. The topological polar surface area (TPSA) is 84.0 Å². The van der Waals surface area contributed by atoms with E-state index >= 15 is 0 Å². The van der Waals surface area contributed by atoms with E-state index in [9.17, 15) is 4.79 Å². The predicted molar refractivity (Wildman–Crippen MR) is 131 cm³/mol. The molecular weight excluding hydrogens is 495 g/mol. The molecular formula is C22H31IN4O3. The molecule has 0 saturated carbocycles. The van der Waals surface area contributed by atoms with Crippen LogP contribution in [0.3, 0.4) is 0 Å². The Kier molecular flexibility index (Phi) is 11.7. The Balaban J connectivity index is 0.00000450. The maximum atomic E-state index is 12.0. The van der Waals surface area contributed by atoms with E-state index in [1.165, 1.54) is 0 Å². The summed E-state index contributed by atoms with van der Waals surface area (Å²) >= 11 is 0. The monoisotopic (exact) mass is 526 g/mol. The van der Waals surface area contributed by atoms with E-state index in [1.54, 1.807) is 20.2 Å². The number of guanidine groups is 1.